The summed E-state index contributed by atoms with van der Waals surface area (Å²) in [6, 6.07) is 4.89. The Morgan fingerprint density at radius 3 is 2.53 bits per heavy atom. The molecule has 0 aliphatic rings. The van der Waals surface area contributed by atoms with Crippen molar-refractivity contribution in [3.63, 3.8) is 0 Å². The molecule has 0 heterocycles. The van der Waals surface area contributed by atoms with Crippen LogP contribution in [0.4, 0.5) is 23.2 Å². The zero-order valence-electron chi connectivity index (χ0n) is 10.1. The van der Waals surface area contributed by atoms with Gasteiger partial charge in [0.05, 0.1) is 0 Å². The van der Waals surface area contributed by atoms with Gasteiger partial charge in [-0.1, -0.05) is 6.07 Å². The first-order chi connectivity index (χ1) is 8.83. The standard InChI is InChI=1S/C12H14F4N2O/c13-9-3-1-4-10(7-9)18(6-2-5-17)11(19)8-12(14,15)16/h1,3-4,7H,2,5-6,8,17H2. The smallest absolute Gasteiger partial charge is 0.330 e. The number of amides is 1. The van der Waals surface area contributed by atoms with E-state index in [1.807, 2.05) is 0 Å². The SMILES string of the molecule is NCCCN(C(=O)CC(F)(F)F)c1cccc(F)c1. The van der Waals surface area contributed by atoms with Crippen molar-refractivity contribution < 1.29 is 22.4 Å². The van der Waals surface area contributed by atoms with Crippen LogP contribution in [-0.2, 0) is 4.79 Å². The lowest BCUT2D eigenvalue weighted by molar-refractivity contribution is -0.151. The van der Waals surface area contributed by atoms with Crippen molar-refractivity contribution in [2.75, 3.05) is 18.0 Å². The van der Waals surface area contributed by atoms with Crippen molar-refractivity contribution in [2.24, 2.45) is 5.73 Å². The minimum Gasteiger partial charge on any atom is -0.330 e. The maximum atomic E-state index is 13.1. The average Bonchev–Trinajstić information content (AvgIpc) is 2.27. The summed E-state index contributed by atoms with van der Waals surface area (Å²) in [6.07, 6.45) is -5.83. The molecular weight excluding hydrogens is 264 g/mol. The highest BCUT2D eigenvalue weighted by molar-refractivity contribution is 5.93. The van der Waals surface area contributed by atoms with Crippen molar-refractivity contribution in [1.29, 1.82) is 0 Å². The summed E-state index contributed by atoms with van der Waals surface area (Å²) in [6.45, 7) is 0.250. The molecule has 1 aromatic carbocycles. The summed E-state index contributed by atoms with van der Waals surface area (Å²) in [5.41, 5.74) is 5.38. The second kappa shape index (κ2) is 6.51. The first kappa shape index (κ1) is 15.4. The Hall–Kier alpha value is -1.63. The van der Waals surface area contributed by atoms with Gasteiger partial charge in [0.1, 0.15) is 12.2 Å². The van der Waals surface area contributed by atoms with Crippen LogP contribution in [-0.4, -0.2) is 25.2 Å². The lowest BCUT2D eigenvalue weighted by Crippen LogP contribution is -2.35. The number of nitrogens with zero attached hydrogens (tertiary/aromatic N) is 1. The van der Waals surface area contributed by atoms with Gasteiger partial charge in [0.15, 0.2) is 0 Å². The van der Waals surface area contributed by atoms with Gasteiger partial charge in [-0.2, -0.15) is 13.2 Å². The molecule has 1 rings (SSSR count). The quantitative estimate of drug-likeness (QED) is 0.841. The number of carbonyl (C=O) groups excluding carboxylic acids is 1. The van der Waals surface area contributed by atoms with Crippen molar-refractivity contribution in [3.05, 3.63) is 30.1 Å². The molecule has 0 aliphatic heterocycles. The Kier molecular flexibility index (Phi) is 5.29. The van der Waals surface area contributed by atoms with Gasteiger partial charge >= 0.3 is 6.18 Å². The van der Waals surface area contributed by atoms with E-state index >= 15 is 0 Å². The van der Waals surface area contributed by atoms with E-state index in [1.54, 1.807) is 0 Å². The number of hydrogen-bond acceptors (Lipinski definition) is 2. The molecular formula is C12H14F4N2O. The lowest BCUT2D eigenvalue weighted by Gasteiger charge is -2.23. The molecule has 0 spiro atoms. The molecule has 0 radical (unpaired) electrons. The van der Waals surface area contributed by atoms with Crippen LogP contribution in [0.2, 0.25) is 0 Å². The Balaban J connectivity index is 2.91. The van der Waals surface area contributed by atoms with Crippen molar-refractivity contribution in [2.45, 2.75) is 19.0 Å². The molecule has 0 bridgehead atoms. The predicted molar refractivity (Wildman–Crippen MR) is 63.1 cm³/mol. The van der Waals surface area contributed by atoms with Gasteiger partial charge < -0.3 is 10.6 Å². The summed E-state index contributed by atoms with van der Waals surface area (Å²) in [7, 11) is 0. The number of anilines is 1. The first-order valence-electron chi connectivity index (χ1n) is 5.66. The van der Waals surface area contributed by atoms with Crippen LogP contribution in [0, 0.1) is 5.82 Å². The lowest BCUT2D eigenvalue weighted by atomic mass is 10.2. The van der Waals surface area contributed by atoms with Crippen LogP contribution in [0.15, 0.2) is 24.3 Å². The molecule has 0 aliphatic carbocycles. The Morgan fingerprint density at radius 2 is 2.00 bits per heavy atom. The fourth-order valence-electron chi connectivity index (χ4n) is 1.56. The van der Waals surface area contributed by atoms with Crippen LogP contribution in [0.3, 0.4) is 0 Å². The Bertz CT molecular complexity index is 434. The van der Waals surface area contributed by atoms with E-state index in [4.69, 9.17) is 5.73 Å². The normalized spacial score (nSPS) is 11.4. The van der Waals surface area contributed by atoms with Gasteiger partial charge in [0, 0.05) is 12.2 Å². The van der Waals surface area contributed by atoms with Crippen LogP contribution in [0.25, 0.3) is 0 Å². The number of rotatable bonds is 5. The number of alkyl halides is 3. The molecule has 7 heteroatoms. The summed E-state index contributed by atoms with van der Waals surface area (Å²) < 4.78 is 49.8. The third kappa shape index (κ3) is 5.25. The maximum absolute atomic E-state index is 13.1. The topological polar surface area (TPSA) is 46.3 Å². The number of nitrogens with two attached hydrogens (primary N) is 1. The molecule has 19 heavy (non-hydrogen) atoms. The van der Waals surface area contributed by atoms with Gasteiger partial charge in [-0.05, 0) is 31.2 Å². The highest BCUT2D eigenvalue weighted by Crippen LogP contribution is 2.24. The van der Waals surface area contributed by atoms with Crippen molar-refractivity contribution in [1.82, 2.24) is 0 Å². The summed E-state index contributed by atoms with van der Waals surface area (Å²) in [4.78, 5) is 12.5. The van der Waals surface area contributed by atoms with E-state index in [-0.39, 0.29) is 18.8 Å². The molecule has 1 aromatic rings. The first-order valence-corrected chi connectivity index (χ1v) is 5.66. The van der Waals surface area contributed by atoms with Crippen LogP contribution in [0.5, 0.6) is 0 Å². The molecule has 2 N–H and O–H groups in total. The van der Waals surface area contributed by atoms with Crippen LogP contribution in [0.1, 0.15) is 12.8 Å². The van der Waals surface area contributed by atoms with Crippen molar-refractivity contribution in [3.8, 4) is 0 Å². The molecule has 0 fully saturated rings. The molecule has 0 saturated carbocycles. The molecule has 106 valence electrons. The molecule has 0 aromatic heterocycles. The fraction of sp³-hybridized carbons (Fsp3) is 0.417. The van der Waals surface area contributed by atoms with Gasteiger partial charge in [-0.3, -0.25) is 4.79 Å². The summed E-state index contributed by atoms with van der Waals surface area (Å²) >= 11 is 0. The molecule has 0 saturated heterocycles. The van der Waals surface area contributed by atoms with Crippen molar-refractivity contribution >= 4 is 11.6 Å². The largest absolute Gasteiger partial charge is 0.397 e. The van der Waals surface area contributed by atoms with E-state index in [9.17, 15) is 22.4 Å². The zero-order valence-corrected chi connectivity index (χ0v) is 10.1. The van der Waals surface area contributed by atoms with E-state index in [1.165, 1.54) is 12.1 Å². The van der Waals surface area contributed by atoms with Crippen LogP contribution >= 0.6 is 0 Å². The maximum Gasteiger partial charge on any atom is 0.397 e. The minimum atomic E-state index is -4.59. The summed E-state index contributed by atoms with van der Waals surface area (Å²) in [5, 5.41) is 0. The third-order valence-electron chi connectivity index (χ3n) is 2.36. The minimum absolute atomic E-state index is 0.0227. The number of hydrogen-bond donors (Lipinski definition) is 1. The van der Waals surface area contributed by atoms with E-state index < -0.39 is 24.3 Å². The van der Waals surface area contributed by atoms with E-state index in [0.717, 1.165) is 17.0 Å². The fourth-order valence-corrected chi connectivity index (χ4v) is 1.56. The summed E-state index contributed by atoms with van der Waals surface area (Å²) in [5.74, 6) is -1.73. The predicted octanol–water partition coefficient (Wildman–Crippen LogP) is 2.46. The number of halogens is 4. The van der Waals surface area contributed by atoms with Gasteiger partial charge in [-0.25, -0.2) is 4.39 Å². The molecule has 0 unspecified atom stereocenters. The zero-order chi connectivity index (χ0) is 14.5. The molecule has 1 amide bonds. The Labute approximate surface area is 108 Å². The van der Waals surface area contributed by atoms with E-state index in [0.29, 0.717) is 6.42 Å². The molecule has 0 atom stereocenters. The monoisotopic (exact) mass is 278 g/mol. The van der Waals surface area contributed by atoms with Gasteiger partial charge in [-0.15, -0.1) is 0 Å². The second-order valence-electron chi connectivity index (χ2n) is 3.96. The van der Waals surface area contributed by atoms with Crippen LogP contribution < -0.4 is 10.6 Å². The second-order valence-corrected chi connectivity index (χ2v) is 3.96. The molecule has 3 nitrogen and oxygen atoms in total. The number of carbonyl (C=O) groups is 1. The Morgan fingerprint density at radius 1 is 1.32 bits per heavy atom. The number of benzene rings is 1. The highest BCUT2D eigenvalue weighted by atomic mass is 19.4. The third-order valence-corrected chi connectivity index (χ3v) is 2.36. The van der Waals surface area contributed by atoms with E-state index in [2.05, 4.69) is 0 Å². The van der Waals surface area contributed by atoms with Gasteiger partial charge in [0.2, 0.25) is 5.91 Å². The average molecular weight is 278 g/mol. The van der Waals surface area contributed by atoms with Gasteiger partial charge in [0.25, 0.3) is 0 Å². The highest BCUT2D eigenvalue weighted by Gasteiger charge is 2.33.